The Kier molecular flexibility index (Phi) is 5.14. The van der Waals surface area contributed by atoms with Gasteiger partial charge in [-0.1, -0.05) is 6.92 Å². The SMILES string of the molecule is CC(CCCN)C(=O)N1CCCCC1(C)C(=O)O. The van der Waals surface area contributed by atoms with Crippen molar-refractivity contribution in [3.05, 3.63) is 0 Å². The average molecular weight is 256 g/mol. The van der Waals surface area contributed by atoms with Crippen molar-refractivity contribution in [3.63, 3.8) is 0 Å². The summed E-state index contributed by atoms with van der Waals surface area (Å²) in [6.45, 7) is 4.62. The zero-order valence-corrected chi connectivity index (χ0v) is 11.3. The van der Waals surface area contributed by atoms with Crippen LogP contribution in [0.15, 0.2) is 0 Å². The molecule has 2 atom stereocenters. The number of carbonyl (C=O) groups excluding carboxylic acids is 1. The second-order valence-corrected chi connectivity index (χ2v) is 5.36. The first-order valence-electron chi connectivity index (χ1n) is 6.68. The van der Waals surface area contributed by atoms with E-state index in [0.717, 1.165) is 25.7 Å². The highest BCUT2D eigenvalue weighted by Gasteiger charge is 2.44. The first kappa shape index (κ1) is 15.0. The predicted octanol–water partition coefficient (Wildman–Crippen LogP) is 1.22. The number of hydrogen-bond donors (Lipinski definition) is 2. The first-order valence-corrected chi connectivity index (χ1v) is 6.68. The molecule has 1 aliphatic rings. The minimum absolute atomic E-state index is 0.0481. The summed E-state index contributed by atoms with van der Waals surface area (Å²) in [6.07, 6.45) is 3.81. The summed E-state index contributed by atoms with van der Waals surface area (Å²) in [5, 5.41) is 9.36. The fourth-order valence-corrected chi connectivity index (χ4v) is 2.51. The number of nitrogens with zero attached hydrogens (tertiary/aromatic N) is 1. The molecule has 0 spiro atoms. The van der Waals surface area contributed by atoms with Gasteiger partial charge in [-0.2, -0.15) is 0 Å². The molecule has 3 N–H and O–H groups in total. The zero-order valence-electron chi connectivity index (χ0n) is 11.3. The summed E-state index contributed by atoms with van der Waals surface area (Å²) in [7, 11) is 0. The highest BCUT2D eigenvalue weighted by Crippen LogP contribution is 2.30. The Bertz CT molecular complexity index is 319. The van der Waals surface area contributed by atoms with E-state index < -0.39 is 11.5 Å². The minimum atomic E-state index is -1.04. The van der Waals surface area contributed by atoms with Crippen molar-refractivity contribution in [2.75, 3.05) is 13.1 Å². The van der Waals surface area contributed by atoms with Crippen LogP contribution in [-0.2, 0) is 9.59 Å². The maximum atomic E-state index is 12.3. The molecule has 1 rings (SSSR count). The minimum Gasteiger partial charge on any atom is -0.480 e. The van der Waals surface area contributed by atoms with Crippen LogP contribution in [0.25, 0.3) is 0 Å². The third-order valence-corrected chi connectivity index (χ3v) is 3.88. The largest absolute Gasteiger partial charge is 0.480 e. The van der Waals surface area contributed by atoms with E-state index >= 15 is 0 Å². The summed E-state index contributed by atoms with van der Waals surface area (Å²) in [6, 6.07) is 0. The lowest BCUT2D eigenvalue weighted by atomic mass is 9.87. The number of rotatable bonds is 5. The molecule has 1 amide bonds. The van der Waals surface area contributed by atoms with Crippen LogP contribution in [0.3, 0.4) is 0 Å². The number of piperidine rings is 1. The van der Waals surface area contributed by atoms with Crippen molar-refractivity contribution in [1.82, 2.24) is 4.90 Å². The maximum Gasteiger partial charge on any atom is 0.329 e. The molecular formula is C13H24N2O3. The highest BCUT2D eigenvalue weighted by molar-refractivity contribution is 5.88. The summed E-state index contributed by atoms with van der Waals surface area (Å²) >= 11 is 0. The van der Waals surface area contributed by atoms with E-state index in [1.807, 2.05) is 6.92 Å². The van der Waals surface area contributed by atoms with Gasteiger partial charge in [-0.3, -0.25) is 4.79 Å². The van der Waals surface area contributed by atoms with Crippen LogP contribution in [0.4, 0.5) is 0 Å². The lowest BCUT2D eigenvalue weighted by Gasteiger charge is -2.42. The molecule has 0 aliphatic carbocycles. The van der Waals surface area contributed by atoms with E-state index in [2.05, 4.69) is 0 Å². The number of carboxylic acids is 1. The van der Waals surface area contributed by atoms with E-state index in [0.29, 0.717) is 19.5 Å². The van der Waals surface area contributed by atoms with Gasteiger partial charge < -0.3 is 15.7 Å². The van der Waals surface area contributed by atoms with Gasteiger partial charge in [0.25, 0.3) is 0 Å². The number of hydrogen-bond acceptors (Lipinski definition) is 3. The van der Waals surface area contributed by atoms with Crippen LogP contribution in [0.1, 0.15) is 46.0 Å². The molecule has 2 unspecified atom stereocenters. The standard InChI is InChI=1S/C13H24N2O3/c1-10(6-5-8-14)11(16)15-9-4-3-7-13(15,2)12(17)18/h10H,3-9,14H2,1-2H3,(H,17,18). The lowest BCUT2D eigenvalue weighted by molar-refractivity contribution is -0.162. The molecule has 1 fully saturated rings. The van der Waals surface area contributed by atoms with E-state index in [-0.39, 0.29) is 11.8 Å². The second-order valence-electron chi connectivity index (χ2n) is 5.36. The van der Waals surface area contributed by atoms with Crippen LogP contribution in [0, 0.1) is 5.92 Å². The number of amides is 1. The van der Waals surface area contributed by atoms with Crippen molar-refractivity contribution in [3.8, 4) is 0 Å². The van der Waals surface area contributed by atoms with Crippen LogP contribution in [0.2, 0.25) is 0 Å². The Morgan fingerprint density at radius 2 is 2.11 bits per heavy atom. The molecule has 5 heteroatoms. The summed E-state index contributed by atoms with van der Waals surface area (Å²) in [4.78, 5) is 25.3. The van der Waals surface area contributed by atoms with Gasteiger partial charge >= 0.3 is 5.97 Å². The molecule has 1 saturated heterocycles. The molecule has 0 aromatic carbocycles. The summed E-state index contributed by atoms with van der Waals surface area (Å²) in [5.74, 6) is -1.10. The van der Waals surface area contributed by atoms with Crippen molar-refractivity contribution < 1.29 is 14.7 Å². The lowest BCUT2D eigenvalue weighted by Crippen LogP contribution is -2.58. The number of carboxylic acid groups (broad SMARTS) is 1. The van der Waals surface area contributed by atoms with E-state index in [1.54, 1.807) is 11.8 Å². The van der Waals surface area contributed by atoms with Gasteiger partial charge in [0.05, 0.1) is 0 Å². The molecule has 0 saturated carbocycles. The average Bonchev–Trinajstić information content (AvgIpc) is 2.35. The van der Waals surface area contributed by atoms with Crippen LogP contribution in [-0.4, -0.2) is 40.5 Å². The zero-order chi connectivity index (χ0) is 13.8. The van der Waals surface area contributed by atoms with Crippen molar-refractivity contribution in [2.24, 2.45) is 11.7 Å². The first-order chi connectivity index (χ1) is 8.43. The van der Waals surface area contributed by atoms with Crippen LogP contribution in [0.5, 0.6) is 0 Å². The van der Waals surface area contributed by atoms with E-state index in [1.165, 1.54) is 0 Å². The molecule has 0 radical (unpaired) electrons. The van der Waals surface area contributed by atoms with Crippen LogP contribution >= 0.6 is 0 Å². The van der Waals surface area contributed by atoms with Crippen molar-refractivity contribution in [2.45, 2.75) is 51.5 Å². The van der Waals surface area contributed by atoms with Gasteiger partial charge in [-0.25, -0.2) is 4.79 Å². The molecular weight excluding hydrogens is 232 g/mol. The van der Waals surface area contributed by atoms with Gasteiger partial charge in [-0.05, 0) is 45.6 Å². The summed E-state index contributed by atoms with van der Waals surface area (Å²) < 4.78 is 0. The highest BCUT2D eigenvalue weighted by atomic mass is 16.4. The van der Waals surface area contributed by atoms with Crippen molar-refractivity contribution >= 4 is 11.9 Å². The predicted molar refractivity (Wildman–Crippen MR) is 69.1 cm³/mol. The number of carbonyl (C=O) groups is 2. The molecule has 0 bridgehead atoms. The Balaban J connectivity index is 2.77. The monoisotopic (exact) mass is 256 g/mol. The van der Waals surface area contributed by atoms with Crippen molar-refractivity contribution in [1.29, 1.82) is 0 Å². The molecule has 0 aromatic heterocycles. The van der Waals surface area contributed by atoms with Gasteiger partial charge in [-0.15, -0.1) is 0 Å². The van der Waals surface area contributed by atoms with E-state index in [9.17, 15) is 14.7 Å². The van der Waals surface area contributed by atoms with E-state index in [4.69, 9.17) is 5.73 Å². The number of aliphatic carboxylic acids is 1. The third-order valence-electron chi connectivity index (χ3n) is 3.88. The van der Waals surface area contributed by atoms with Gasteiger partial charge in [0, 0.05) is 12.5 Å². The van der Waals surface area contributed by atoms with Gasteiger partial charge in [0.15, 0.2) is 0 Å². The number of nitrogens with two attached hydrogens (primary N) is 1. The Labute approximate surface area is 108 Å². The molecule has 1 aliphatic heterocycles. The Morgan fingerprint density at radius 1 is 1.44 bits per heavy atom. The Hall–Kier alpha value is -1.10. The smallest absolute Gasteiger partial charge is 0.329 e. The fourth-order valence-electron chi connectivity index (χ4n) is 2.51. The van der Waals surface area contributed by atoms with Crippen LogP contribution < -0.4 is 5.73 Å². The molecule has 0 aromatic rings. The van der Waals surface area contributed by atoms with Gasteiger partial charge in [0.1, 0.15) is 5.54 Å². The summed E-state index contributed by atoms with van der Waals surface area (Å²) in [5.41, 5.74) is 4.40. The molecule has 104 valence electrons. The normalized spacial score (nSPS) is 25.8. The number of likely N-dealkylation sites (tertiary alicyclic amines) is 1. The quantitative estimate of drug-likeness (QED) is 0.774. The maximum absolute atomic E-state index is 12.3. The molecule has 1 heterocycles. The molecule has 5 nitrogen and oxygen atoms in total. The topological polar surface area (TPSA) is 83.6 Å². The third kappa shape index (κ3) is 3.02. The fraction of sp³-hybridized carbons (Fsp3) is 0.846. The second kappa shape index (κ2) is 6.18. The molecule has 18 heavy (non-hydrogen) atoms. The van der Waals surface area contributed by atoms with Gasteiger partial charge in [0.2, 0.25) is 5.91 Å². The Morgan fingerprint density at radius 3 is 2.67 bits per heavy atom.